The van der Waals surface area contributed by atoms with Gasteiger partial charge in [0.1, 0.15) is 18.2 Å². The van der Waals surface area contributed by atoms with Gasteiger partial charge in [-0.2, -0.15) is 15.8 Å². The lowest BCUT2D eigenvalue weighted by Crippen LogP contribution is -2.03. The zero-order valence-electron chi connectivity index (χ0n) is 10.9. The van der Waals surface area contributed by atoms with Crippen molar-refractivity contribution < 1.29 is 0 Å². The van der Waals surface area contributed by atoms with Gasteiger partial charge in [-0.05, 0) is 23.8 Å². The molecule has 0 atom stereocenters. The van der Waals surface area contributed by atoms with Crippen molar-refractivity contribution in [2.45, 2.75) is 0 Å². The van der Waals surface area contributed by atoms with Crippen molar-refractivity contribution in [3.8, 4) is 18.2 Å². The van der Waals surface area contributed by atoms with Crippen LogP contribution in [0.1, 0.15) is 5.56 Å². The Labute approximate surface area is 121 Å². The van der Waals surface area contributed by atoms with Gasteiger partial charge in [0.05, 0.1) is 16.8 Å². The Morgan fingerprint density at radius 2 is 1.76 bits per heavy atom. The maximum atomic E-state index is 9.20. The lowest BCUT2D eigenvalue weighted by molar-refractivity contribution is 1.31. The molecule has 5 heteroatoms. The van der Waals surface area contributed by atoms with Gasteiger partial charge in [0.2, 0.25) is 0 Å². The minimum atomic E-state index is -0.277. The fraction of sp³-hybridized carbons (Fsp3) is 0. The van der Waals surface area contributed by atoms with Crippen LogP contribution in [0.5, 0.6) is 0 Å². The molecule has 0 aliphatic carbocycles. The van der Waals surface area contributed by atoms with Crippen LogP contribution in [0.25, 0.3) is 17.0 Å². The number of aromatic nitrogens is 1. The lowest BCUT2D eigenvalue weighted by atomic mass is 10.0. The predicted molar refractivity (Wildman–Crippen MR) is 77.8 cm³/mol. The summed E-state index contributed by atoms with van der Waals surface area (Å²) in [4.78, 5) is 4.23. The summed E-state index contributed by atoms with van der Waals surface area (Å²) in [7, 11) is 0. The third-order valence-corrected chi connectivity index (χ3v) is 2.89. The smallest absolute Gasteiger partial charge is 0.153 e. The molecule has 0 aliphatic heterocycles. The minimum absolute atomic E-state index is 0.0736. The van der Waals surface area contributed by atoms with Gasteiger partial charge in [0, 0.05) is 11.6 Å². The van der Waals surface area contributed by atoms with Gasteiger partial charge in [0.15, 0.2) is 5.57 Å². The molecular formula is C16H9N5. The largest absolute Gasteiger partial charge is 0.396 e. The number of nitrogens with zero attached hydrogens (tertiary/aromatic N) is 4. The van der Waals surface area contributed by atoms with Crippen LogP contribution in [0.15, 0.2) is 53.4 Å². The number of fused-ring (bicyclic) bond motifs is 1. The van der Waals surface area contributed by atoms with Crippen molar-refractivity contribution in [2.75, 3.05) is 0 Å². The Morgan fingerprint density at radius 1 is 1.05 bits per heavy atom. The topological polar surface area (TPSA) is 110 Å². The van der Waals surface area contributed by atoms with E-state index in [1.54, 1.807) is 30.5 Å². The van der Waals surface area contributed by atoms with E-state index in [-0.39, 0.29) is 16.8 Å². The molecule has 1 aromatic heterocycles. The van der Waals surface area contributed by atoms with E-state index in [1.807, 2.05) is 30.3 Å². The third kappa shape index (κ3) is 2.71. The van der Waals surface area contributed by atoms with E-state index in [4.69, 9.17) is 16.3 Å². The van der Waals surface area contributed by atoms with E-state index in [2.05, 4.69) is 4.98 Å². The maximum absolute atomic E-state index is 9.20. The first-order valence-electron chi connectivity index (χ1n) is 5.97. The highest BCUT2D eigenvalue weighted by Crippen LogP contribution is 2.20. The Morgan fingerprint density at radius 3 is 2.43 bits per heavy atom. The predicted octanol–water partition coefficient (Wildman–Crippen LogP) is 2.40. The highest BCUT2D eigenvalue weighted by Gasteiger charge is 2.09. The van der Waals surface area contributed by atoms with E-state index >= 15 is 0 Å². The maximum Gasteiger partial charge on any atom is 0.153 e. The first-order valence-corrected chi connectivity index (χ1v) is 5.97. The van der Waals surface area contributed by atoms with Crippen molar-refractivity contribution in [2.24, 2.45) is 5.73 Å². The first kappa shape index (κ1) is 13.8. The molecule has 0 bridgehead atoms. The molecule has 0 unspecified atom stereocenters. The van der Waals surface area contributed by atoms with E-state index in [1.165, 1.54) is 0 Å². The van der Waals surface area contributed by atoms with Crippen molar-refractivity contribution in [3.05, 3.63) is 58.9 Å². The first-order chi connectivity index (χ1) is 10.2. The number of para-hydroxylation sites is 1. The molecule has 0 saturated carbocycles. The summed E-state index contributed by atoms with van der Waals surface area (Å²) < 4.78 is 0. The molecule has 0 spiro atoms. The molecule has 5 nitrogen and oxygen atoms in total. The summed E-state index contributed by atoms with van der Waals surface area (Å²) in [5.74, 6) is 0. The molecule has 0 saturated heterocycles. The van der Waals surface area contributed by atoms with E-state index in [9.17, 15) is 5.26 Å². The lowest BCUT2D eigenvalue weighted by Gasteiger charge is -2.03. The molecule has 98 valence electrons. The SMILES string of the molecule is N#CC(=Cc1ccnc2ccccc12)C(N)=C(C#N)C#N. The molecular weight excluding hydrogens is 262 g/mol. The average Bonchev–Trinajstić information content (AvgIpc) is 2.53. The third-order valence-electron chi connectivity index (χ3n) is 2.89. The number of hydrogen-bond donors (Lipinski definition) is 1. The summed E-state index contributed by atoms with van der Waals surface area (Å²) in [5.41, 5.74) is 6.92. The second-order valence-corrected chi connectivity index (χ2v) is 4.10. The van der Waals surface area contributed by atoms with Gasteiger partial charge >= 0.3 is 0 Å². The Balaban J connectivity index is 2.66. The standard InChI is InChI=1S/C16H9N5/c17-8-12(16(20)13(9-18)10-19)7-11-5-6-21-15-4-2-1-3-14(11)15/h1-7H,20H2. The van der Waals surface area contributed by atoms with Crippen molar-refractivity contribution in [1.29, 1.82) is 15.8 Å². The van der Waals surface area contributed by atoms with Crippen LogP contribution in [0.2, 0.25) is 0 Å². The summed E-state index contributed by atoms with van der Waals surface area (Å²) in [6, 6.07) is 14.5. The number of nitrogens with two attached hydrogens (primary N) is 1. The molecule has 21 heavy (non-hydrogen) atoms. The summed E-state index contributed by atoms with van der Waals surface area (Å²) in [5, 5.41) is 27.7. The van der Waals surface area contributed by atoms with Gasteiger partial charge < -0.3 is 5.73 Å². The number of allylic oxidation sites excluding steroid dienone is 2. The normalized spacial score (nSPS) is 10.2. The summed E-state index contributed by atoms with van der Waals surface area (Å²) in [6.07, 6.45) is 3.17. The molecule has 2 rings (SSSR count). The minimum Gasteiger partial charge on any atom is -0.396 e. The zero-order chi connectivity index (χ0) is 15.2. The van der Waals surface area contributed by atoms with Crippen molar-refractivity contribution in [3.63, 3.8) is 0 Å². The molecule has 0 fully saturated rings. The highest BCUT2D eigenvalue weighted by molar-refractivity contribution is 5.89. The number of pyridine rings is 1. The Hall–Kier alpha value is -3.62. The van der Waals surface area contributed by atoms with Crippen LogP contribution in [0.3, 0.4) is 0 Å². The van der Waals surface area contributed by atoms with E-state index in [0.717, 1.165) is 16.5 Å². The van der Waals surface area contributed by atoms with Crippen LogP contribution in [0, 0.1) is 34.0 Å². The van der Waals surface area contributed by atoms with Crippen LogP contribution < -0.4 is 5.73 Å². The Bertz CT molecular complexity index is 864. The molecule has 0 aliphatic rings. The molecule has 0 amide bonds. The molecule has 2 aromatic rings. The van der Waals surface area contributed by atoms with Crippen LogP contribution in [0.4, 0.5) is 0 Å². The van der Waals surface area contributed by atoms with Crippen LogP contribution in [-0.2, 0) is 0 Å². The number of hydrogen-bond acceptors (Lipinski definition) is 5. The highest BCUT2D eigenvalue weighted by atomic mass is 14.6. The van der Waals surface area contributed by atoms with Gasteiger partial charge in [0.25, 0.3) is 0 Å². The summed E-state index contributed by atoms with van der Waals surface area (Å²) in [6.45, 7) is 0. The second-order valence-electron chi connectivity index (χ2n) is 4.10. The monoisotopic (exact) mass is 271 g/mol. The van der Waals surface area contributed by atoms with Crippen molar-refractivity contribution >= 4 is 17.0 Å². The Kier molecular flexibility index (Phi) is 3.95. The fourth-order valence-corrected chi connectivity index (χ4v) is 1.85. The van der Waals surface area contributed by atoms with Crippen LogP contribution >= 0.6 is 0 Å². The summed E-state index contributed by atoms with van der Waals surface area (Å²) >= 11 is 0. The quantitative estimate of drug-likeness (QED) is 0.666. The van der Waals surface area contributed by atoms with Gasteiger partial charge in [-0.15, -0.1) is 0 Å². The second kappa shape index (κ2) is 6.02. The molecule has 0 radical (unpaired) electrons. The zero-order valence-corrected chi connectivity index (χ0v) is 10.9. The van der Waals surface area contributed by atoms with E-state index < -0.39 is 0 Å². The number of rotatable bonds is 2. The molecule has 1 heterocycles. The van der Waals surface area contributed by atoms with E-state index in [0.29, 0.717) is 0 Å². The number of nitriles is 3. The molecule has 2 N–H and O–H groups in total. The van der Waals surface area contributed by atoms with Crippen molar-refractivity contribution in [1.82, 2.24) is 4.98 Å². The fourth-order valence-electron chi connectivity index (χ4n) is 1.85. The molecule has 1 aromatic carbocycles. The average molecular weight is 271 g/mol. The van der Waals surface area contributed by atoms with Gasteiger partial charge in [-0.25, -0.2) is 0 Å². The van der Waals surface area contributed by atoms with Gasteiger partial charge in [-0.1, -0.05) is 18.2 Å². The van der Waals surface area contributed by atoms with Crippen LogP contribution in [-0.4, -0.2) is 4.98 Å². The van der Waals surface area contributed by atoms with Gasteiger partial charge in [-0.3, -0.25) is 4.98 Å². The number of benzene rings is 1.